The molecule has 0 saturated carbocycles. The number of nitrogens with zero attached hydrogens (tertiary/aromatic N) is 1. The van der Waals surface area contributed by atoms with E-state index in [2.05, 4.69) is 10.2 Å². The summed E-state index contributed by atoms with van der Waals surface area (Å²) in [5.41, 5.74) is 1.22. The van der Waals surface area contributed by atoms with E-state index in [1.54, 1.807) is 12.1 Å². The zero-order chi connectivity index (χ0) is 16.2. The van der Waals surface area contributed by atoms with Gasteiger partial charge < -0.3 is 5.32 Å². The molecule has 3 rings (SSSR count). The molecule has 1 fully saturated rings. The maximum atomic E-state index is 14.4. The van der Waals surface area contributed by atoms with Crippen molar-refractivity contribution in [2.75, 3.05) is 26.2 Å². The molecule has 0 bridgehead atoms. The third-order valence-electron chi connectivity index (χ3n) is 4.18. The molecule has 1 unspecified atom stereocenters. The Morgan fingerprint density at radius 2 is 1.61 bits per heavy atom. The molecule has 1 heterocycles. The molecule has 0 aliphatic carbocycles. The lowest BCUT2D eigenvalue weighted by atomic mass is 9.96. The maximum Gasteiger partial charge on any atom is 0.131 e. The summed E-state index contributed by atoms with van der Waals surface area (Å²) in [4.78, 5) is 2.16. The average molecular weight is 320 g/mol. The summed E-state index contributed by atoms with van der Waals surface area (Å²) in [5, 5.41) is 3.31. The van der Waals surface area contributed by atoms with Crippen LogP contribution in [0.1, 0.15) is 23.6 Å². The second kappa shape index (κ2) is 7.15. The van der Waals surface area contributed by atoms with Gasteiger partial charge in [-0.3, -0.25) is 4.90 Å². The van der Waals surface area contributed by atoms with Crippen molar-refractivity contribution in [2.24, 2.45) is 0 Å². The molecular weight excluding hydrogens is 301 g/mol. The summed E-state index contributed by atoms with van der Waals surface area (Å²) >= 11 is 0. The van der Waals surface area contributed by atoms with Gasteiger partial charge in [0.05, 0.1) is 6.04 Å². The van der Waals surface area contributed by atoms with E-state index < -0.39 is 11.6 Å². The van der Waals surface area contributed by atoms with Crippen LogP contribution in [0.3, 0.4) is 0 Å². The SMILES string of the molecule is Fc1ccc(C(c2ccc(F)cc2F)N2CCCNCC2)cc1. The van der Waals surface area contributed by atoms with E-state index in [4.69, 9.17) is 0 Å². The van der Waals surface area contributed by atoms with Crippen molar-refractivity contribution in [2.45, 2.75) is 12.5 Å². The molecule has 122 valence electrons. The number of hydrogen-bond acceptors (Lipinski definition) is 2. The van der Waals surface area contributed by atoms with Gasteiger partial charge in [-0.1, -0.05) is 18.2 Å². The Bertz CT molecular complexity index is 650. The normalized spacial score (nSPS) is 17.7. The van der Waals surface area contributed by atoms with Crippen LogP contribution in [0.2, 0.25) is 0 Å². The first-order chi connectivity index (χ1) is 11.1. The third kappa shape index (κ3) is 3.74. The fourth-order valence-electron chi connectivity index (χ4n) is 3.08. The van der Waals surface area contributed by atoms with E-state index >= 15 is 0 Å². The van der Waals surface area contributed by atoms with Crippen molar-refractivity contribution in [3.63, 3.8) is 0 Å². The van der Waals surface area contributed by atoms with Crippen LogP contribution < -0.4 is 5.32 Å². The van der Waals surface area contributed by atoms with Crippen LogP contribution in [0.25, 0.3) is 0 Å². The first kappa shape index (κ1) is 16.0. The summed E-state index contributed by atoms with van der Waals surface area (Å²) in [7, 11) is 0. The van der Waals surface area contributed by atoms with Crippen molar-refractivity contribution in [1.82, 2.24) is 10.2 Å². The summed E-state index contributed by atoms with van der Waals surface area (Å²) in [6.45, 7) is 3.27. The van der Waals surface area contributed by atoms with Gasteiger partial charge in [-0.05, 0) is 36.7 Å². The molecule has 1 aliphatic heterocycles. The fraction of sp³-hybridized carbons (Fsp3) is 0.333. The molecule has 1 saturated heterocycles. The lowest BCUT2D eigenvalue weighted by Gasteiger charge is -2.31. The predicted octanol–water partition coefficient (Wildman–Crippen LogP) is 3.49. The number of nitrogens with one attached hydrogen (secondary N) is 1. The van der Waals surface area contributed by atoms with Crippen LogP contribution in [0, 0.1) is 17.5 Å². The number of rotatable bonds is 3. The molecule has 1 N–H and O–H groups in total. The van der Waals surface area contributed by atoms with Crippen LogP contribution in [-0.4, -0.2) is 31.1 Å². The largest absolute Gasteiger partial charge is 0.315 e. The Morgan fingerprint density at radius 1 is 0.870 bits per heavy atom. The van der Waals surface area contributed by atoms with E-state index in [1.165, 1.54) is 24.3 Å². The second-order valence-electron chi connectivity index (χ2n) is 5.76. The Hall–Kier alpha value is -1.85. The lowest BCUT2D eigenvalue weighted by molar-refractivity contribution is 0.236. The summed E-state index contributed by atoms with van der Waals surface area (Å²) < 4.78 is 40.9. The van der Waals surface area contributed by atoms with Gasteiger partial charge in [-0.25, -0.2) is 13.2 Å². The van der Waals surface area contributed by atoms with E-state index in [-0.39, 0.29) is 11.9 Å². The summed E-state index contributed by atoms with van der Waals surface area (Å²) in [6.07, 6.45) is 0.945. The van der Waals surface area contributed by atoms with Crippen molar-refractivity contribution >= 4 is 0 Å². The van der Waals surface area contributed by atoms with E-state index in [1.807, 2.05) is 0 Å². The maximum absolute atomic E-state index is 14.4. The van der Waals surface area contributed by atoms with Crippen molar-refractivity contribution < 1.29 is 13.2 Å². The van der Waals surface area contributed by atoms with Gasteiger partial charge in [0, 0.05) is 31.3 Å². The summed E-state index contributed by atoms with van der Waals surface area (Å²) in [6, 6.07) is 9.39. The third-order valence-corrected chi connectivity index (χ3v) is 4.18. The standard InChI is InChI=1S/C18H19F3N2/c19-14-4-2-13(3-5-14)18(23-10-1-8-22-9-11-23)16-7-6-15(20)12-17(16)21/h2-7,12,18,22H,1,8-11H2. The molecule has 2 nitrogen and oxygen atoms in total. The fourth-order valence-corrected chi connectivity index (χ4v) is 3.08. The molecule has 0 aromatic heterocycles. The van der Waals surface area contributed by atoms with E-state index in [0.717, 1.165) is 44.2 Å². The Balaban J connectivity index is 2.03. The topological polar surface area (TPSA) is 15.3 Å². The van der Waals surface area contributed by atoms with Gasteiger partial charge in [0.1, 0.15) is 17.5 Å². The molecule has 2 aromatic rings. The Morgan fingerprint density at radius 3 is 2.35 bits per heavy atom. The highest BCUT2D eigenvalue weighted by Crippen LogP contribution is 2.31. The van der Waals surface area contributed by atoms with Crippen LogP contribution in [0.4, 0.5) is 13.2 Å². The van der Waals surface area contributed by atoms with Gasteiger partial charge in [0.2, 0.25) is 0 Å². The van der Waals surface area contributed by atoms with Gasteiger partial charge in [0.25, 0.3) is 0 Å². The van der Waals surface area contributed by atoms with Gasteiger partial charge in [-0.2, -0.15) is 0 Å². The molecule has 2 aromatic carbocycles. The zero-order valence-electron chi connectivity index (χ0n) is 12.7. The number of hydrogen-bond donors (Lipinski definition) is 1. The smallest absolute Gasteiger partial charge is 0.131 e. The summed E-state index contributed by atoms with van der Waals surface area (Å²) in [5.74, 6) is -1.50. The molecule has 1 aliphatic rings. The minimum Gasteiger partial charge on any atom is -0.315 e. The first-order valence-corrected chi connectivity index (χ1v) is 7.80. The highest BCUT2D eigenvalue weighted by atomic mass is 19.1. The first-order valence-electron chi connectivity index (χ1n) is 7.80. The van der Waals surface area contributed by atoms with Crippen molar-refractivity contribution in [3.05, 3.63) is 71.0 Å². The Kier molecular flexibility index (Phi) is 4.98. The highest BCUT2D eigenvalue weighted by Gasteiger charge is 2.26. The molecule has 5 heteroatoms. The molecule has 23 heavy (non-hydrogen) atoms. The average Bonchev–Trinajstić information content (AvgIpc) is 2.81. The highest BCUT2D eigenvalue weighted by molar-refractivity contribution is 5.33. The van der Waals surface area contributed by atoms with E-state index in [9.17, 15) is 13.2 Å². The molecule has 0 radical (unpaired) electrons. The second-order valence-corrected chi connectivity index (χ2v) is 5.76. The van der Waals surface area contributed by atoms with Gasteiger partial charge in [-0.15, -0.1) is 0 Å². The van der Waals surface area contributed by atoms with Crippen molar-refractivity contribution in [3.8, 4) is 0 Å². The van der Waals surface area contributed by atoms with E-state index in [0.29, 0.717) is 5.56 Å². The Labute approximate surface area is 133 Å². The minimum atomic E-state index is -0.596. The quantitative estimate of drug-likeness (QED) is 0.931. The zero-order valence-corrected chi connectivity index (χ0v) is 12.7. The minimum absolute atomic E-state index is 0.329. The van der Waals surface area contributed by atoms with Gasteiger partial charge in [0.15, 0.2) is 0 Å². The molecule has 0 amide bonds. The molecular formula is C18H19F3N2. The predicted molar refractivity (Wildman–Crippen MR) is 83.7 cm³/mol. The van der Waals surface area contributed by atoms with Crippen LogP contribution in [0.5, 0.6) is 0 Å². The van der Waals surface area contributed by atoms with Crippen LogP contribution in [0.15, 0.2) is 42.5 Å². The van der Waals surface area contributed by atoms with Crippen LogP contribution in [-0.2, 0) is 0 Å². The lowest BCUT2D eigenvalue weighted by Crippen LogP contribution is -2.33. The number of benzene rings is 2. The van der Waals surface area contributed by atoms with Crippen LogP contribution >= 0.6 is 0 Å². The molecule has 1 atom stereocenters. The van der Waals surface area contributed by atoms with Gasteiger partial charge >= 0.3 is 0 Å². The number of halogens is 3. The monoisotopic (exact) mass is 320 g/mol. The molecule has 0 spiro atoms. The van der Waals surface area contributed by atoms with Crippen molar-refractivity contribution in [1.29, 1.82) is 0 Å².